The molecule has 1 unspecified atom stereocenters. The molecule has 0 spiro atoms. The highest BCUT2D eigenvalue weighted by Gasteiger charge is 2.27. The van der Waals surface area contributed by atoms with Crippen LogP contribution >= 0.6 is 11.3 Å². The van der Waals surface area contributed by atoms with E-state index < -0.39 is 0 Å². The first-order chi connectivity index (χ1) is 11.1. The monoisotopic (exact) mass is 332 g/mol. The first kappa shape index (κ1) is 15.9. The van der Waals surface area contributed by atoms with E-state index in [1.807, 2.05) is 42.3 Å². The van der Waals surface area contributed by atoms with E-state index in [0.29, 0.717) is 19.7 Å². The van der Waals surface area contributed by atoms with Gasteiger partial charge in [0.2, 0.25) is 5.91 Å². The number of carbonyl (C=O) groups is 1. The highest BCUT2D eigenvalue weighted by molar-refractivity contribution is 7.13. The van der Waals surface area contributed by atoms with Crippen LogP contribution in [0.3, 0.4) is 0 Å². The number of nitrogens with zero attached hydrogens (tertiary/aromatic N) is 3. The van der Waals surface area contributed by atoms with Crippen LogP contribution in [0.1, 0.15) is 25.6 Å². The van der Waals surface area contributed by atoms with Gasteiger partial charge in [0.1, 0.15) is 11.9 Å². The lowest BCUT2D eigenvalue weighted by Gasteiger charge is -2.33. The lowest BCUT2D eigenvalue weighted by Crippen LogP contribution is -2.44. The van der Waals surface area contributed by atoms with Crippen LogP contribution in [-0.4, -0.2) is 40.5 Å². The second kappa shape index (κ2) is 7.06. The zero-order chi connectivity index (χ0) is 16.2. The van der Waals surface area contributed by atoms with Gasteiger partial charge < -0.3 is 15.0 Å². The second-order valence-corrected chi connectivity index (χ2v) is 6.60. The van der Waals surface area contributed by atoms with Gasteiger partial charge in [-0.2, -0.15) is 0 Å². The molecule has 23 heavy (non-hydrogen) atoms. The Hall–Kier alpha value is -1.99. The summed E-state index contributed by atoms with van der Waals surface area (Å²) in [6, 6.07) is 5.76. The van der Waals surface area contributed by atoms with E-state index >= 15 is 0 Å². The van der Waals surface area contributed by atoms with Crippen molar-refractivity contribution < 1.29 is 9.53 Å². The molecule has 3 rings (SSSR count). The summed E-state index contributed by atoms with van der Waals surface area (Å²) in [5.41, 5.74) is 0.827. The van der Waals surface area contributed by atoms with Crippen molar-refractivity contribution >= 4 is 28.2 Å². The predicted octanol–water partition coefficient (Wildman–Crippen LogP) is 2.84. The summed E-state index contributed by atoms with van der Waals surface area (Å²) in [5, 5.41) is 5.89. The number of hydrogen-bond acceptors (Lipinski definition) is 6. The van der Waals surface area contributed by atoms with E-state index in [4.69, 9.17) is 4.74 Å². The molecule has 122 valence electrons. The largest absolute Gasteiger partial charge is 0.368 e. The molecule has 0 saturated carbocycles. The van der Waals surface area contributed by atoms with E-state index in [1.165, 1.54) is 11.3 Å². The van der Waals surface area contributed by atoms with Crippen molar-refractivity contribution in [1.82, 2.24) is 14.9 Å². The highest BCUT2D eigenvalue weighted by Crippen LogP contribution is 2.24. The fraction of sp³-hybridized carbons (Fsp3) is 0.438. The molecule has 3 heterocycles. The number of carbonyl (C=O) groups excluding carboxylic acids is 1. The number of morpholine rings is 1. The SMILES string of the molecule is CC(C)C(=O)N1CCOC(c2cccc(Nc3nccs3)n2)C1. The van der Waals surface area contributed by atoms with E-state index in [1.54, 1.807) is 6.20 Å². The van der Waals surface area contributed by atoms with Crippen molar-refractivity contribution in [3.8, 4) is 0 Å². The maximum atomic E-state index is 12.2. The molecule has 0 radical (unpaired) electrons. The Bertz CT molecular complexity index is 660. The Morgan fingerprint density at radius 2 is 2.35 bits per heavy atom. The van der Waals surface area contributed by atoms with Crippen LogP contribution in [0, 0.1) is 5.92 Å². The molecule has 1 aliphatic heterocycles. The molecule has 1 fully saturated rings. The zero-order valence-electron chi connectivity index (χ0n) is 13.2. The molecule has 1 amide bonds. The van der Waals surface area contributed by atoms with Gasteiger partial charge in [-0.25, -0.2) is 9.97 Å². The standard InChI is InChI=1S/C16H20N4O2S/c1-11(2)15(21)20-7-8-22-13(10-20)12-4-3-5-14(18-12)19-16-17-6-9-23-16/h3-6,9,11,13H,7-8,10H2,1-2H3,(H,17,18,19). The summed E-state index contributed by atoms with van der Waals surface area (Å²) in [6.07, 6.45) is 1.56. The Morgan fingerprint density at radius 1 is 1.48 bits per heavy atom. The Balaban J connectivity index is 1.72. The average Bonchev–Trinajstić information content (AvgIpc) is 3.07. The van der Waals surface area contributed by atoms with Crippen LogP contribution in [-0.2, 0) is 9.53 Å². The van der Waals surface area contributed by atoms with Gasteiger partial charge in [0, 0.05) is 24.0 Å². The molecule has 1 aliphatic rings. The smallest absolute Gasteiger partial charge is 0.225 e. The Labute approximate surface area is 139 Å². The quantitative estimate of drug-likeness (QED) is 0.932. The maximum absolute atomic E-state index is 12.2. The van der Waals surface area contributed by atoms with E-state index in [2.05, 4.69) is 15.3 Å². The Morgan fingerprint density at radius 3 is 3.09 bits per heavy atom. The van der Waals surface area contributed by atoms with Crippen molar-refractivity contribution in [1.29, 1.82) is 0 Å². The molecular weight excluding hydrogens is 312 g/mol. The first-order valence-electron chi connectivity index (χ1n) is 7.67. The molecule has 1 N–H and O–H groups in total. The number of amides is 1. The van der Waals surface area contributed by atoms with Crippen molar-refractivity contribution in [3.63, 3.8) is 0 Å². The van der Waals surface area contributed by atoms with Crippen LogP contribution in [0.2, 0.25) is 0 Å². The molecule has 2 aromatic heterocycles. The normalized spacial score (nSPS) is 18.2. The number of ether oxygens (including phenoxy) is 1. The third-order valence-corrected chi connectivity index (χ3v) is 4.33. The molecule has 0 aromatic carbocycles. The number of rotatable bonds is 4. The van der Waals surface area contributed by atoms with Gasteiger partial charge in [0.05, 0.1) is 18.8 Å². The van der Waals surface area contributed by atoms with Crippen molar-refractivity contribution in [2.75, 3.05) is 25.0 Å². The minimum absolute atomic E-state index is 0.000358. The molecule has 0 aliphatic carbocycles. The summed E-state index contributed by atoms with van der Waals surface area (Å²) in [5.74, 6) is 0.892. The highest BCUT2D eigenvalue weighted by atomic mass is 32.1. The minimum atomic E-state index is -0.190. The van der Waals surface area contributed by atoms with Gasteiger partial charge in [-0.3, -0.25) is 4.79 Å². The molecule has 6 nitrogen and oxygen atoms in total. The summed E-state index contributed by atoms with van der Waals surface area (Å²) >= 11 is 1.52. The van der Waals surface area contributed by atoms with Crippen LogP contribution in [0.15, 0.2) is 29.8 Å². The molecular formula is C16H20N4O2S. The van der Waals surface area contributed by atoms with Crippen LogP contribution in [0.25, 0.3) is 0 Å². The molecule has 7 heteroatoms. The molecule has 2 aromatic rings. The summed E-state index contributed by atoms with van der Waals surface area (Å²) in [6.45, 7) is 5.57. The van der Waals surface area contributed by atoms with Gasteiger partial charge in [0.15, 0.2) is 5.13 Å². The van der Waals surface area contributed by atoms with Crippen molar-refractivity contribution in [2.24, 2.45) is 5.92 Å². The fourth-order valence-corrected chi connectivity index (χ4v) is 3.02. The number of anilines is 2. The number of hydrogen-bond donors (Lipinski definition) is 1. The lowest BCUT2D eigenvalue weighted by molar-refractivity contribution is -0.142. The van der Waals surface area contributed by atoms with E-state index in [9.17, 15) is 4.79 Å². The second-order valence-electron chi connectivity index (χ2n) is 5.71. The van der Waals surface area contributed by atoms with Crippen LogP contribution in [0.4, 0.5) is 10.9 Å². The number of thiazole rings is 1. The zero-order valence-corrected chi connectivity index (χ0v) is 14.0. The van der Waals surface area contributed by atoms with Gasteiger partial charge >= 0.3 is 0 Å². The average molecular weight is 332 g/mol. The molecule has 1 saturated heterocycles. The van der Waals surface area contributed by atoms with Crippen LogP contribution < -0.4 is 5.32 Å². The van der Waals surface area contributed by atoms with Crippen molar-refractivity contribution in [3.05, 3.63) is 35.5 Å². The van der Waals surface area contributed by atoms with Gasteiger partial charge in [-0.1, -0.05) is 19.9 Å². The number of nitrogens with one attached hydrogen (secondary N) is 1. The van der Waals surface area contributed by atoms with Crippen molar-refractivity contribution in [2.45, 2.75) is 20.0 Å². The third kappa shape index (κ3) is 3.86. The van der Waals surface area contributed by atoms with Gasteiger partial charge in [0.25, 0.3) is 0 Å². The maximum Gasteiger partial charge on any atom is 0.225 e. The number of pyridine rings is 1. The summed E-state index contributed by atoms with van der Waals surface area (Å²) < 4.78 is 5.82. The Kier molecular flexibility index (Phi) is 4.88. The number of aromatic nitrogens is 2. The third-order valence-electron chi connectivity index (χ3n) is 3.64. The molecule has 0 bridgehead atoms. The van der Waals surface area contributed by atoms with E-state index in [0.717, 1.165) is 16.6 Å². The van der Waals surface area contributed by atoms with Gasteiger partial charge in [-0.15, -0.1) is 11.3 Å². The predicted molar refractivity (Wildman–Crippen MR) is 89.7 cm³/mol. The molecule has 1 atom stereocenters. The van der Waals surface area contributed by atoms with Crippen LogP contribution in [0.5, 0.6) is 0 Å². The summed E-state index contributed by atoms with van der Waals surface area (Å²) in [4.78, 5) is 22.8. The fourth-order valence-electron chi connectivity index (χ4n) is 2.49. The first-order valence-corrected chi connectivity index (χ1v) is 8.55. The van der Waals surface area contributed by atoms with E-state index in [-0.39, 0.29) is 17.9 Å². The minimum Gasteiger partial charge on any atom is -0.368 e. The van der Waals surface area contributed by atoms with Gasteiger partial charge in [-0.05, 0) is 12.1 Å². The lowest BCUT2D eigenvalue weighted by atomic mass is 10.1. The summed E-state index contributed by atoms with van der Waals surface area (Å²) in [7, 11) is 0. The topological polar surface area (TPSA) is 67.3 Å².